The number of nitrogens with zero attached hydrogens (tertiary/aromatic N) is 1. The molecule has 8 nitrogen and oxygen atoms in total. The molecule has 0 aliphatic rings. The third-order valence-corrected chi connectivity index (χ3v) is 6.02. The van der Waals surface area contributed by atoms with Crippen LogP contribution in [0.3, 0.4) is 0 Å². The maximum Gasteiger partial charge on any atom is 0.408 e. The number of rotatable bonds is 9. The number of hydrogen-bond acceptors (Lipinski definition) is 5. The summed E-state index contributed by atoms with van der Waals surface area (Å²) in [4.78, 5) is 36.9. The Balaban J connectivity index is 1.61. The van der Waals surface area contributed by atoms with Crippen molar-refractivity contribution in [3.8, 4) is 5.75 Å². The Hall–Kier alpha value is -3.78. The summed E-state index contributed by atoms with van der Waals surface area (Å²) in [6.45, 7) is 9.78. The Labute approximate surface area is 227 Å². The Morgan fingerprint density at radius 1 is 0.974 bits per heavy atom. The fourth-order valence-corrected chi connectivity index (χ4v) is 3.91. The fraction of sp³-hybridized carbons (Fsp3) is 0.345. The average molecular weight is 540 g/mol. The highest BCUT2D eigenvalue weighted by atomic mass is 35.5. The molecule has 3 rings (SSSR count). The minimum absolute atomic E-state index is 0.0325. The Morgan fingerprint density at radius 2 is 1.68 bits per heavy atom. The molecule has 0 unspecified atom stereocenters. The van der Waals surface area contributed by atoms with Gasteiger partial charge in [-0.05, 0) is 56.9 Å². The maximum atomic E-state index is 13.1. The van der Waals surface area contributed by atoms with Gasteiger partial charge in [-0.1, -0.05) is 60.1 Å². The average Bonchev–Trinajstić information content (AvgIpc) is 2.85. The Morgan fingerprint density at radius 3 is 2.39 bits per heavy atom. The van der Waals surface area contributed by atoms with Crippen molar-refractivity contribution in [2.24, 2.45) is 0 Å². The van der Waals surface area contributed by atoms with Gasteiger partial charge in [0, 0.05) is 18.3 Å². The molecule has 202 valence electrons. The van der Waals surface area contributed by atoms with Crippen LogP contribution in [-0.4, -0.2) is 28.7 Å². The molecule has 0 fully saturated rings. The molecule has 1 heterocycles. The van der Waals surface area contributed by atoms with Crippen LogP contribution >= 0.6 is 11.6 Å². The van der Waals surface area contributed by atoms with Crippen molar-refractivity contribution in [2.75, 3.05) is 6.54 Å². The Bertz CT molecular complexity index is 1360. The quantitative estimate of drug-likeness (QED) is 0.403. The molecule has 3 aromatic rings. The number of alkyl carbamates (subject to hydrolysis) is 1. The zero-order chi connectivity index (χ0) is 27.9. The molecule has 0 aliphatic carbocycles. The van der Waals surface area contributed by atoms with E-state index in [0.717, 1.165) is 22.3 Å². The van der Waals surface area contributed by atoms with Gasteiger partial charge in [-0.25, -0.2) is 4.79 Å². The van der Waals surface area contributed by atoms with Crippen molar-refractivity contribution in [3.63, 3.8) is 0 Å². The van der Waals surface area contributed by atoms with Gasteiger partial charge >= 0.3 is 6.09 Å². The zero-order valence-electron chi connectivity index (χ0n) is 22.4. The molecule has 0 saturated heterocycles. The smallest absolute Gasteiger partial charge is 0.408 e. The van der Waals surface area contributed by atoms with E-state index < -0.39 is 11.7 Å². The predicted octanol–water partition coefficient (Wildman–Crippen LogP) is 4.89. The molecule has 0 spiro atoms. The molecule has 2 N–H and O–H groups in total. The maximum absolute atomic E-state index is 13.1. The third-order valence-electron chi connectivity index (χ3n) is 5.67. The van der Waals surface area contributed by atoms with Crippen molar-refractivity contribution in [2.45, 2.75) is 59.9 Å². The summed E-state index contributed by atoms with van der Waals surface area (Å²) in [7, 11) is 0. The molecular formula is C29H34ClN3O5. The number of pyridine rings is 1. The van der Waals surface area contributed by atoms with Crippen molar-refractivity contribution in [3.05, 3.63) is 97.9 Å². The number of amides is 2. The van der Waals surface area contributed by atoms with Gasteiger partial charge in [0.25, 0.3) is 5.56 Å². The van der Waals surface area contributed by atoms with Gasteiger partial charge in [-0.3, -0.25) is 9.59 Å². The topological polar surface area (TPSA) is 98.7 Å². The Kier molecular flexibility index (Phi) is 9.58. The van der Waals surface area contributed by atoms with Gasteiger partial charge in [0.05, 0.1) is 6.54 Å². The van der Waals surface area contributed by atoms with Crippen molar-refractivity contribution in [1.82, 2.24) is 15.2 Å². The van der Waals surface area contributed by atoms with Crippen LogP contribution in [0.15, 0.2) is 59.4 Å². The van der Waals surface area contributed by atoms with Crippen LogP contribution in [0.2, 0.25) is 5.02 Å². The fourth-order valence-electron chi connectivity index (χ4n) is 3.69. The number of benzene rings is 2. The number of halogens is 1. The monoisotopic (exact) mass is 539 g/mol. The largest absolute Gasteiger partial charge is 0.487 e. The second kappa shape index (κ2) is 12.6. The van der Waals surface area contributed by atoms with Gasteiger partial charge in [0.1, 0.15) is 29.5 Å². The van der Waals surface area contributed by atoms with Gasteiger partial charge in [-0.2, -0.15) is 0 Å². The van der Waals surface area contributed by atoms with Gasteiger partial charge in [-0.15, -0.1) is 0 Å². The number of carbonyl (C=O) groups excluding carboxylic acids is 2. The minimum atomic E-state index is -0.652. The zero-order valence-corrected chi connectivity index (χ0v) is 23.1. The molecule has 2 aromatic carbocycles. The summed E-state index contributed by atoms with van der Waals surface area (Å²) in [6, 6.07) is 17.2. The number of carbonyl (C=O) groups is 2. The molecule has 38 heavy (non-hydrogen) atoms. The lowest BCUT2D eigenvalue weighted by Gasteiger charge is -2.19. The first-order chi connectivity index (χ1) is 17.9. The summed E-state index contributed by atoms with van der Waals surface area (Å²) in [5, 5.41) is 5.22. The van der Waals surface area contributed by atoms with Crippen LogP contribution in [0, 0.1) is 13.8 Å². The van der Waals surface area contributed by atoms with E-state index >= 15 is 0 Å². The SMILES string of the molecule is Cc1ccccc1COc1cc(C)n(Cc2cccc(CNC(=O)CNC(=O)OC(C)(C)C)c2)c(=O)c1Cl. The van der Waals surface area contributed by atoms with E-state index in [1.165, 1.54) is 0 Å². The van der Waals surface area contributed by atoms with Crippen molar-refractivity contribution in [1.29, 1.82) is 0 Å². The minimum Gasteiger partial charge on any atom is -0.487 e. The molecule has 1 aromatic heterocycles. The highest BCUT2D eigenvalue weighted by Gasteiger charge is 2.17. The van der Waals surface area contributed by atoms with Crippen molar-refractivity contribution >= 4 is 23.6 Å². The normalized spacial score (nSPS) is 11.1. The van der Waals surface area contributed by atoms with Crippen LogP contribution in [0.1, 0.15) is 48.7 Å². The lowest BCUT2D eigenvalue weighted by atomic mass is 10.1. The summed E-state index contributed by atoms with van der Waals surface area (Å²) < 4.78 is 12.6. The van der Waals surface area contributed by atoms with E-state index in [-0.39, 0.29) is 29.6 Å². The van der Waals surface area contributed by atoms with E-state index in [0.29, 0.717) is 24.6 Å². The number of nitrogens with one attached hydrogen (secondary N) is 2. The molecule has 2 amide bonds. The number of ether oxygens (including phenoxy) is 2. The lowest BCUT2D eigenvalue weighted by Crippen LogP contribution is -2.39. The highest BCUT2D eigenvalue weighted by Crippen LogP contribution is 2.24. The van der Waals surface area contributed by atoms with Crippen LogP contribution in [0.5, 0.6) is 5.75 Å². The van der Waals surface area contributed by atoms with E-state index in [1.807, 2.05) is 62.4 Å². The van der Waals surface area contributed by atoms with Crippen LogP contribution in [0.4, 0.5) is 4.79 Å². The first kappa shape index (κ1) is 28.8. The van der Waals surface area contributed by atoms with Gasteiger partial charge in [0.2, 0.25) is 5.91 Å². The summed E-state index contributed by atoms with van der Waals surface area (Å²) >= 11 is 6.40. The number of aryl methyl sites for hydroxylation is 2. The molecule has 0 saturated carbocycles. The van der Waals surface area contributed by atoms with E-state index in [2.05, 4.69) is 10.6 Å². The summed E-state index contributed by atoms with van der Waals surface area (Å²) in [5.74, 6) is 0.00603. The number of hydrogen-bond donors (Lipinski definition) is 2. The molecule has 9 heteroatoms. The molecule has 0 radical (unpaired) electrons. The van der Waals surface area contributed by atoms with Gasteiger partial charge < -0.3 is 24.7 Å². The second-order valence-electron chi connectivity index (χ2n) is 10.0. The first-order valence-electron chi connectivity index (χ1n) is 12.3. The van der Waals surface area contributed by atoms with E-state index in [9.17, 15) is 14.4 Å². The second-order valence-corrected chi connectivity index (χ2v) is 10.4. The van der Waals surface area contributed by atoms with Crippen LogP contribution in [0.25, 0.3) is 0 Å². The highest BCUT2D eigenvalue weighted by molar-refractivity contribution is 6.31. The first-order valence-corrected chi connectivity index (χ1v) is 12.7. The standard InChI is InChI=1S/C29H34ClN3O5/c1-19-9-6-7-12-23(19)18-37-24-13-20(2)33(27(35)26(24)30)17-22-11-8-10-21(14-22)15-31-25(34)16-32-28(36)38-29(3,4)5/h6-14H,15-18H2,1-5H3,(H,31,34)(H,32,36). The number of aromatic nitrogens is 1. The summed E-state index contributed by atoms with van der Waals surface area (Å²) in [6.07, 6.45) is -0.652. The van der Waals surface area contributed by atoms with Crippen molar-refractivity contribution < 1.29 is 19.1 Å². The summed E-state index contributed by atoms with van der Waals surface area (Å²) in [5.41, 5.74) is 3.59. The molecular weight excluding hydrogens is 506 g/mol. The predicted molar refractivity (Wildman–Crippen MR) is 148 cm³/mol. The van der Waals surface area contributed by atoms with Crippen LogP contribution < -0.4 is 20.9 Å². The van der Waals surface area contributed by atoms with Crippen LogP contribution in [-0.2, 0) is 29.2 Å². The molecule has 0 atom stereocenters. The van der Waals surface area contributed by atoms with Gasteiger partial charge in [0.15, 0.2) is 0 Å². The van der Waals surface area contributed by atoms with E-state index in [4.69, 9.17) is 21.1 Å². The van der Waals surface area contributed by atoms with E-state index in [1.54, 1.807) is 31.4 Å². The lowest BCUT2D eigenvalue weighted by molar-refractivity contribution is -0.120. The molecule has 0 aliphatic heterocycles. The third kappa shape index (κ3) is 8.38. The molecule has 0 bridgehead atoms.